The fourth-order valence-electron chi connectivity index (χ4n) is 3.94. The van der Waals surface area contributed by atoms with Crippen molar-refractivity contribution in [1.82, 2.24) is 9.97 Å². The van der Waals surface area contributed by atoms with Crippen molar-refractivity contribution in [2.24, 2.45) is 5.92 Å². The Balaban J connectivity index is 1.87. The third kappa shape index (κ3) is 5.09. The Labute approximate surface area is 195 Å². The average molecular weight is 464 g/mol. The minimum atomic E-state index is -4.44. The van der Waals surface area contributed by atoms with E-state index in [0.717, 1.165) is 23.0 Å². The Hall–Kier alpha value is -3.74. The van der Waals surface area contributed by atoms with Gasteiger partial charge in [-0.3, -0.25) is 9.78 Å². The highest BCUT2D eigenvalue weighted by molar-refractivity contribution is 5.84. The van der Waals surface area contributed by atoms with Crippen LogP contribution in [0.15, 0.2) is 72.9 Å². The number of carboxylic acids is 1. The molecule has 1 atom stereocenters. The molecule has 1 N–H and O–H groups in total. The number of hydrogen-bond donors (Lipinski definition) is 1. The number of benzene rings is 2. The van der Waals surface area contributed by atoms with E-state index in [-0.39, 0.29) is 5.92 Å². The van der Waals surface area contributed by atoms with E-state index < -0.39 is 23.6 Å². The first-order valence-corrected chi connectivity index (χ1v) is 10.9. The molecule has 34 heavy (non-hydrogen) atoms. The number of fused-ring (bicyclic) bond motifs is 1. The highest BCUT2D eigenvalue weighted by atomic mass is 19.4. The Bertz CT molecular complexity index is 1330. The van der Waals surface area contributed by atoms with Crippen molar-refractivity contribution in [2.45, 2.75) is 32.4 Å². The fraction of sp³-hybridized carbons (Fsp3) is 0.222. The second-order valence-corrected chi connectivity index (χ2v) is 8.68. The van der Waals surface area contributed by atoms with E-state index in [1.54, 1.807) is 18.3 Å². The van der Waals surface area contributed by atoms with Crippen LogP contribution in [-0.2, 0) is 11.0 Å². The van der Waals surface area contributed by atoms with E-state index in [1.807, 2.05) is 44.2 Å². The number of carbonyl (C=O) groups is 1. The summed E-state index contributed by atoms with van der Waals surface area (Å²) < 4.78 is 39.1. The lowest BCUT2D eigenvalue weighted by Gasteiger charge is -2.18. The lowest BCUT2D eigenvalue weighted by atomic mass is 9.89. The number of aromatic nitrogens is 2. The molecule has 4 rings (SSSR count). The van der Waals surface area contributed by atoms with E-state index in [1.165, 1.54) is 12.1 Å². The molecule has 7 heteroatoms. The highest BCUT2D eigenvalue weighted by Crippen LogP contribution is 2.34. The molecule has 0 spiro atoms. The fourth-order valence-corrected chi connectivity index (χ4v) is 3.94. The largest absolute Gasteiger partial charge is 0.481 e. The maximum absolute atomic E-state index is 13.0. The van der Waals surface area contributed by atoms with Crippen molar-refractivity contribution in [2.75, 3.05) is 0 Å². The summed E-state index contributed by atoms with van der Waals surface area (Å²) in [5.74, 6) is -1.60. The molecule has 0 amide bonds. The zero-order chi connectivity index (χ0) is 24.5. The van der Waals surface area contributed by atoms with E-state index in [4.69, 9.17) is 0 Å². The molecule has 0 bridgehead atoms. The monoisotopic (exact) mass is 464 g/mol. The number of nitrogens with zero attached hydrogens (tertiary/aromatic N) is 2. The zero-order valence-corrected chi connectivity index (χ0v) is 18.7. The normalized spacial score (nSPS) is 12.8. The standard InChI is InChI=1S/C27H23F3N2O2/c1-16(2)11-22(26(33)34)19-13-24(17-7-9-21(10-8-17)27(28,29)30)32-25(14-19)20-12-18-5-3-4-6-23(18)31-15-20/h3-10,12-16,22H,11H2,1-2H3,(H,33,34). The molecule has 0 saturated carbocycles. The topological polar surface area (TPSA) is 63.1 Å². The minimum Gasteiger partial charge on any atom is -0.481 e. The number of carboxylic acid groups (broad SMARTS) is 1. The van der Waals surface area contributed by atoms with Crippen LogP contribution in [0.4, 0.5) is 13.2 Å². The minimum absolute atomic E-state index is 0.134. The summed E-state index contributed by atoms with van der Waals surface area (Å²) in [4.78, 5) is 21.3. The van der Waals surface area contributed by atoms with E-state index in [9.17, 15) is 23.1 Å². The van der Waals surface area contributed by atoms with Gasteiger partial charge in [-0.1, -0.05) is 44.2 Å². The maximum atomic E-state index is 13.0. The van der Waals surface area contributed by atoms with Crippen LogP contribution in [0.3, 0.4) is 0 Å². The molecular formula is C27H23F3N2O2. The van der Waals surface area contributed by atoms with Crippen LogP contribution in [0.5, 0.6) is 0 Å². The molecule has 0 fully saturated rings. The Kier molecular flexibility index (Phi) is 6.37. The van der Waals surface area contributed by atoms with E-state index in [2.05, 4.69) is 9.97 Å². The van der Waals surface area contributed by atoms with Crippen molar-refractivity contribution in [3.05, 3.63) is 84.1 Å². The summed E-state index contributed by atoms with van der Waals surface area (Å²) in [5.41, 5.74) is 2.70. The summed E-state index contributed by atoms with van der Waals surface area (Å²) in [6.07, 6.45) is -2.36. The van der Waals surface area contributed by atoms with Crippen molar-refractivity contribution < 1.29 is 23.1 Å². The molecule has 0 aliphatic heterocycles. The van der Waals surface area contributed by atoms with Crippen molar-refractivity contribution in [3.8, 4) is 22.5 Å². The summed E-state index contributed by atoms with van der Waals surface area (Å²) in [6, 6.07) is 17.6. The molecule has 174 valence electrons. The van der Waals surface area contributed by atoms with Gasteiger partial charge in [0, 0.05) is 22.7 Å². The first-order chi connectivity index (χ1) is 16.1. The highest BCUT2D eigenvalue weighted by Gasteiger charge is 2.30. The first-order valence-electron chi connectivity index (χ1n) is 10.9. The Morgan fingerprint density at radius 2 is 1.59 bits per heavy atom. The molecule has 2 aromatic heterocycles. The number of rotatable bonds is 6. The molecule has 4 aromatic rings. The first kappa shape index (κ1) is 23.4. The summed E-state index contributed by atoms with van der Waals surface area (Å²) in [6.45, 7) is 3.89. The van der Waals surface area contributed by atoms with Gasteiger partial charge >= 0.3 is 12.1 Å². The average Bonchev–Trinajstić information content (AvgIpc) is 2.81. The molecule has 0 saturated heterocycles. The molecule has 0 aliphatic rings. The maximum Gasteiger partial charge on any atom is 0.416 e. The number of aliphatic carboxylic acids is 1. The number of hydrogen-bond acceptors (Lipinski definition) is 3. The number of pyridine rings is 2. The van der Waals surface area contributed by atoms with E-state index in [0.29, 0.717) is 34.5 Å². The third-order valence-electron chi connectivity index (χ3n) is 5.65. The molecule has 2 heterocycles. The van der Waals surface area contributed by atoms with Gasteiger partial charge in [0.2, 0.25) is 0 Å². The Morgan fingerprint density at radius 3 is 2.21 bits per heavy atom. The number of para-hydroxylation sites is 1. The van der Waals surface area contributed by atoms with Gasteiger partial charge in [0.15, 0.2) is 0 Å². The second kappa shape index (κ2) is 9.25. The number of alkyl halides is 3. The van der Waals surface area contributed by atoms with Crippen molar-refractivity contribution in [3.63, 3.8) is 0 Å². The van der Waals surface area contributed by atoms with Gasteiger partial charge in [-0.15, -0.1) is 0 Å². The lowest BCUT2D eigenvalue weighted by Crippen LogP contribution is -2.14. The van der Waals surface area contributed by atoms with Crippen LogP contribution in [0.1, 0.15) is 37.3 Å². The van der Waals surface area contributed by atoms with Crippen LogP contribution < -0.4 is 0 Å². The summed E-state index contributed by atoms with van der Waals surface area (Å²) in [7, 11) is 0. The second-order valence-electron chi connectivity index (χ2n) is 8.68. The van der Waals surface area contributed by atoms with Crippen LogP contribution in [0.25, 0.3) is 33.4 Å². The summed E-state index contributed by atoms with van der Waals surface area (Å²) in [5, 5.41) is 10.8. The molecule has 1 unspecified atom stereocenters. The van der Waals surface area contributed by atoms with Crippen LogP contribution in [0.2, 0.25) is 0 Å². The van der Waals surface area contributed by atoms with E-state index >= 15 is 0 Å². The predicted octanol–water partition coefficient (Wildman–Crippen LogP) is 7.20. The van der Waals surface area contributed by atoms with Crippen LogP contribution >= 0.6 is 0 Å². The van der Waals surface area contributed by atoms with Crippen molar-refractivity contribution in [1.29, 1.82) is 0 Å². The van der Waals surface area contributed by atoms with Gasteiger partial charge in [-0.2, -0.15) is 13.2 Å². The van der Waals surface area contributed by atoms with Gasteiger partial charge in [0.1, 0.15) is 0 Å². The predicted molar refractivity (Wildman–Crippen MR) is 125 cm³/mol. The molecular weight excluding hydrogens is 441 g/mol. The Morgan fingerprint density at radius 1 is 0.941 bits per heavy atom. The zero-order valence-electron chi connectivity index (χ0n) is 18.7. The smallest absolute Gasteiger partial charge is 0.416 e. The molecule has 0 radical (unpaired) electrons. The van der Waals surface area contributed by atoms with Gasteiger partial charge < -0.3 is 5.11 Å². The summed E-state index contributed by atoms with van der Waals surface area (Å²) >= 11 is 0. The van der Waals surface area contributed by atoms with Crippen LogP contribution in [0, 0.1) is 5.92 Å². The SMILES string of the molecule is CC(C)CC(C(=O)O)c1cc(-c2ccc(C(F)(F)F)cc2)nc(-c2cnc3ccccc3c2)c1. The van der Waals surface area contributed by atoms with Crippen LogP contribution in [-0.4, -0.2) is 21.0 Å². The van der Waals surface area contributed by atoms with Crippen molar-refractivity contribution >= 4 is 16.9 Å². The van der Waals surface area contributed by atoms with Gasteiger partial charge in [0.05, 0.1) is 28.4 Å². The van der Waals surface area contributed by atoms with Gasteiger partial charge in [0.25, 0.3) is 0 Å². The number of halogens is 3. The third-order valence-corrected chi connectivity index (χ3v) is 5.65. The molecule has 4 nitrogen and oxygen atoms in total. The lowest BCUT2D eigenvalue weighted by molar-refractivity contribution is -0.139. The van der Waals surface area contributed by atoms with Gasteiger partial charge in [-0.05, 0) is 54.3 Å². The molecule has 0 aliphatic carbocycles. The van der Waals surface area contributed by atoms with Gasteiger partial charge in [-0.25, -0.2) is 4.98 Å². The quantitative estimate of drug-likeness (QED) is 0.328. The molecule has 2 aromatic carbocycles.